The number of rotatable bonds is 6. The minimum Gasteiger partial charge on any atom is -0.365 e. The van der Waals surface area contributed by atoms with E-state index >= 15 is 0 Å². The average Bonchev–Trinajstić information content (AvgIpc) is 2.73. The van der Waals surface area contributed by atoms with Crippen LogP contribution in [0.2, 0.25) is 0 Å². The number of nitrogens with zero attached hydrogens (tertiary/aromatic N) is 2. The Morgan fingerprint density at radius 1 is 0.964 bits per heavy atom. The van der Waals surface area contributed by atoms with Crippen LogP contribution in [0, 0.1) is 0 Å². The number of allylic oxidation sites excluding steroid dienone is 5. The summed E-state index contributed by atoms with van der Waals surface area (Å²) in [4.78, 5) is 8.62. The Morgan fingerprint density at radius 3 is 2.39 bits per heavy atom. The van der Waals surface area contributed by atoms with E-state index in [0.717, 1.165) is 11.3 Å². The van der Waals surface area contributed by atoms with Crippen LogP contribution in [0.3, 0.4) is 0 Å². The molecule has 3 rings (SSSR count). The fraction of sp³-hybridized carbons (Fsp3) is 0.167. The summed E-state index contributed by atoms with van der Waals surface area (Å²) >= 11 is 5.85. The molecule has 2 aromatic carbocycles. The fourth-order valence-electron chi connectivity index (χ4n) is 3.10. The molecule has 3 nitrogen and oxygen atoms in total. The first kappa shape index (κ1) is 19.8. The van der Waals surface area contributed by atoms with Gasteiger partial charge in [0.25, 0.3) is 0 Å². The fourth-order valence-corrected chi connectivity index (χ4v) is 3.23. The van der Waals surface area contributed by atoms with Gasteiger partial charge < -0.3 is 5.32 Å². The first-order valence-corrected chi connectivity index (χ1v) is 9.73. The molecule has 1 N–H and O–H groups in total. The molecule has 0 fully saturated rings. The van der Waals surface area contributed by atoms with Crippen molar-refractivity contribution in [2.45, 2.75) is 20.4 Å². The van der Waals surface area contributed by atoms with Crippen LogP contribution in [-0.2, 0) is 6.54 Å². The van der Waals surface area contributed by atoms with Gasteiger partial charge in [-0.05, 0) is 66.6 Å². The molecule has 1 aliphatic rings. The molecule has 2 aromatic rings. The van der Waals surface area contributed by atoms with E-state index in [4.69, 9.17) is 11.6 Å². The maximum absolute atomic E-state index is 5.85. The molecule has 0 spiro atoms. The normalized spacial score (nSPS) is 17.0. The molecule has 0 bridgehead atoms. The van der Waals surface area contributed by atoms with Crippen molar-refractivity contribution >= 4 is 24.0 Å². The molecule has 0 atom stereocenters. The molecule has 0 amide bonds. The molecule has 0 aliphatic heterocycles. The SMILES string of the molecule is C=N/C(NCc1cccc(-c2ccccc2)c1)=C1/C=C(C)C(C)=C/C1=N/CCl. The quantitative estimate of drug-likeness (QED) is 0.372. The van der Waals surface area contributed by atoms with Gasteiger partial charge in [0.2, 0.25) is 0 Å². The molecule has 0 saturated carbocycles. The van der Waals surface area contributed by atoms with E-state index in [1.54, 1.807) is 0 Å². The van der Waals surface area contributed by atoms with Crippen LogP contribution < -0.4 is 5.32 Å². The van der Waals surface area contributed by atoms with E-state index in [1.165, 1.54) is 27.8 Å². The lowest BCUT2D eigenvalue weighted by atomic mass is 9.94. The number of hydrogen-bond acceptors (Lipinski definition) is 3. The van der Waals surface area contributed by atoms with E-state index in [2.05, 4.69) is 90.5 Å². The van der Waals surface area contributed by atoms with Crippen LogP contribution in [0.4, 0.5) is 0 Å². The molecule has 142 valence electrons. The predicted octanol–water partition coefficient (Wildman–Crippen LogP) is 5.90. The third-order valence-electron chi connectivity index (χ3n) is 4.75. The van der Waals surface area contributed by atoms with Crippen molar-refractivity contribution in [3.05, 3.63) is 94.9 Å². The van der Waals surface area contributed by atoms with Gasteiger partial charge in [-0.3, -0.25) is 4.99 Å². The molecule has 0 aromatic heterocycles. The van der Waals surface area contributed by atoms with Gasteiger partial charge in [0.15, 0.2) is 0 Å². The van der Waals surface area contributed by atoms with Crippen LogP contribution >= 0.6 is 11.6 Å². The number of hydrogen-bond donors (Lipinski definition) is 1. The van der Waals surface area contributed by atoms with E-state index in [0.29, 0.717) is 12.4 Å². The number of aliphatic imine (C=N–C) groups is 2. The summed E-state index contributed by atoms with van der Waals surface area (Å²) in [6, 6.07) is 19.1. The average molecular weight is 390 g/mol. The standard InChI is InChI=1S/C24H24ClN3/c1-17-12-22(23(28-16-25)13-18(17)2)24(26-3)27-15-19-8-7-11-21(14-19)20-9-5-4-6-10-20/h4-14,27H,3,15-16H2,1-2H3/b24-22+,28-23-. The zero-order chi connectivity index (χ0) is 19.9. The summed E-state index contributed by atoms with van der Waals surface area (Å²) < 4.78 is 0. The molecule has 28 heavy (non-hydrogen) atoms. The first-order valence-electron chi connectivity index (χ1n) is 9.19. The molecule has 4 heteroatoms. The Hall–Kier alpha value is -2.91. The Labute approximate surface area is 171 Å². The van der Waals surface area contributed by atoms with E-state index in [-0.39, 0.29) is 6.00 Å². The Morgan fingerprint density at radius 2 is 1.68 bits per heavy atom. The molecular formula is C24H24ClN3. The van der Waals surface area contributed by atoms with Crippen molar-refractivity contribution in [3.63, 3.8) is 0 Å². The van der Waals surface area contributed by atoms with Crippen LogP contribution in [0.1, 0.15) is 19.4 Å². The van der Waals surface area contributed by atoms with Crippen LogP contribution in [-0.4, -0.2) is 18.4 Å². The van der Waals surface area contributed by atoms with Gasteiger partial charge in [-0.15, -0.1) is 11.6 Å². The van der Waals surface area contributed by atoms with Gasteiger partial charge in [0.05, 0.1) is 5.71 Å². The Balaban J connectivity index is 1.85. The third kappa shape index (κ3) is 4.68. The monoisotopic (exact) mass is 389 g/mol. The molecule has 0 heterocycles. The minimum absolute atomic E-state index is 0.207. The highest BCUT2D eigenvalue weighted by Gasteiger charge is 2.15. The molecule has 0 radical (unpaired) electrons. The lowest BCUT2D eigenvalue weighted by molar-refractivity contribution is 0.798. The summed E-state index contributed by atoms with van der Waals surface area (Å²) in [7, 11) is 0. The number of halogens is 1. The molecule has 0 saturated heterocycles. The van der Waals surface area contributed by atoms with Gasteiger partial charge in [-0.2, -0.15) is 0 Å². The van der Waals surface area contributed by atoms with Crippen molar-refractivity contribution in [1.29, 1.82) is 0 Å². The first-order chi connectivity index (χ1) is 13.6. The highest BCUT2D eigenvalue weighted by molar-refractivity contribution is 6.20. The maximum atomic E-state index is 5.85. The third-order valence-corrected chi connectivity index (χ3v) is 4.87. The van der Waals surface area contributed by atoms with E-state index in [1.807, 2.05) is 12.1 Å². The second kappa shape index (κ2) is 9.34. The van der Waals surface area contributed by atoms with Gasteiger partial charge in [-0.1, -0.05) is 48.5 Å². The number of nitrogens with one attached hydrogen (secondary N) is 1. The lowest BCUT2D eigenvalue weighted by Crippen LogP contribution is -2.18. The van der Waals surface area contributed by atoms with Crippen molar-refractivity contribution in [2.75, 3.05) is 6.00 Å². The van der Waals surface area contributed by atoms with Crippen molar-refractivity contribution in [3.8, 4) is 11.1 Å². The van der Waals surface area contributed by atoms with Gasteiger partial charge in [0.1, 0.15) is 11.8 Å². The zero-order valence-corrected chi connectivity index (χ0v) is 17.0. The molecule has 1 aliphatic carbocycles. The van der Waals surface area contributed by atoms with E-state index < -0.39 is 0 Å². The van der Waals surface area contributed by atoms with Crippen LogP contribution in [0.25, 0.3) is 11.1 Å². The molecular weight excluding hydrogens is 366 g/mol. The summed E-state index contributed by atoms with van der Waals surface area (Å²) in [6.45, 7) is 8.53. The smallest absolute Gasteiger partial charge is 0.134 e. The highest BCUT2D eigenvalue weighted by atomic mass is 35.5. The maximum Gasteiger partial charge on any atom is 0.134 e. The van der Waals surface area contributed by atoms with Crippen LogP contribution in [0.15, 0.2) is 99.3 Å². The second-order valence-electron chi connectivity index (χ2n) is 6.66. The Kier molecular flexibility index (Phi) is 6.62. The highest BCUT2D eigenvalue weighted by Crippen LogP contribution is 2.24. The number of alkyl halides is 1. The van der Waals surface area contributed by atoms with Crippen molar-refractivity contribution in [2.24, 2.45) is 9.98 Å². The molecule has 0 unspecified atom stereocenters. The minimum atomic E-state index is 0.207. The summed E-state index contributed by atoms with van der Waals surface area (Å²) in [6.07, 6.45) is 4.12. The van der Waals surface area contributed by atoms with Gasteiger partial charge in [-0.25, -0.2) is 4.99 Å². The summed E-state index contributed by atoms with van der Waals surface area (Å²) in [5.41, 5.74) is 7.65. The van der Waals surface area contributed by atoms with Crippen molar-refractivity contribution in [1.82, 2.24) is 5.32 Å². The predicted molar refractivity (Wildman–Crippen MR) is 121 cm³/mol. The van der Waals surface area contributed by atoms with Crippen molar-refractivity contribution < 1.29 is 0 Å². The number of benzene rings is 2. The zero-order valence-electron chi connectivity index (χ0n) is 16.2. The van der Waals surface area contributed by atoms with Gasteiger partial charge >= 0.3 is 0 Å². The lowest BCUT2D eigenvalue weighted by Gasteiger charge is -2.17. The Bertz CT molecular complexity index is 982. The van der Waals surface area contributed by atoms with Gasteiger partial charge in [0, 0.05) is 12.1 Å². The second-order valence-corrected chi connectivity index (χ2v) is 6.90. The summed E-state index contributed by atoms with van der Waals surface area (Å²) in [5, 5.41) is 3.41. The van der Waals surface area contributed by atoms with E-state index in [9.17, 15) is 0 Å². The largest absolute Gasteiger partial charge is 0.365 e. The van der Waals surface area contributed by atoms with Crippen LogP contribution in [0.5, 0.6) is 0 Å². The summed E-state index contributed by atoms with van der Waals surface area (Å²) in [5.74, 6) is 0.706. The topological polar surface area (TPSA) is 36.8 Å².